The van der Waals surface area contributed by atoms with Crippen molar-refractivity contribution in [1.29, 1.82) is 0 Å². The lowest BCUT2D eigenvalue weighted by Crippen LogP contribution is -2.27. The highest BCUT2D eigenvalue weighted by atomic mass is 19.4. The van der Waals surface area contributed by atoms with Gasteiger partial charge in [0.15, 0.2) is 0 Å². The quantitative estimate of drug-likeness (QED) is 0.450. The van der Waals surface area contributed by atoms with Crippen LogP contribution in [-0.4, -0.2) is 15.5 Å². The number of nitrogens with zero attached hydrogens (tertiary/aromatic N) is 2. The molecule has 1 fully saturated rings. The van der Waals surface area contributed by atoms with Crippen molar-refractivity contribution in [1.82, 2.24) is 9.47 Å². The average Bonchev–Trinajstić information content (AvgIpc) is 3.44. The van der Waals surface area contributed by atoms with E-state index in [2.05, 4.69) is 4.90 Å². The van der Waals surface area contributed by atoms with Crippen molar-refractivity contribution in [3.8, 4) is 0 Å². The van der Waals surface area contributed by atoms with Crippen LogP contribution in [0.2, 0.25) is 0 Å². The van der Waals surface area contributed by atoms with Gasteiger partial charge in [0.1, 0.15) is 5.82 Å². The molecule has 0 atom stereocenters. The van der Waals surface area contributed by atoms with Crippen LogP contribution in [0.1, 0.15) is 35.2 Å². The van der Waals surface area contributed by atoms with Crippen LogP contribution in [0, 0.1) is 5.82 Å². The number of hydrogen-bond donors (Lipinski definition) is 0. The Kier molecular flexibility index (Phi) is 5.46. The Balaban J connectivity index is 1.51. The van der Waals surface area contributed by atoms with Crippen molar-refractivity contribution in [2.45, 2.75) is 44.7 Å². The minimum absolute atomic E-state index is 0.211. The van der Waals surface area contributed by atoms with Gasteiger partial charge in [-0.2, -0.15) is 13.2 Å². The van der Waals surface area contributed by atoms with Gasteiger partial charge in [-0.25, -0.2) is 4.39 Å². The summed E-state index contributed by atoms with van der Waals surface area (Å²) in [5, 5.41) is 0. The van der Waals surface area contributed by atoms with Crippen LogP contribution in [0.4, 0.5) is 17.6 Å². The van der Waals surface area contributed by atoms with Gasteiger partial charge in [0, 0.05) is 43.1 Å². The third kappa shape index (κ3) is 4.88. The van der Waals surface area contributed by atoms with Crippen molar-refractivity contribution in [3.63, 3.8) is 0 Å². The number of benzene rings is 2. The fourth-order valence-corrected chi connectivity index (χ4v) is 3.60. The summed E-state index contributed by atoms with van der Waals surface area (Å²) in [6.07, 6.45) is -0.298. The molecule has 0 N–H and O–H groups in total. The van der Waals surface area contributed by atoms with Crippen molar-refractivity contribution < 1.29 is 17.6 Å². The van der Waals surface area contributed by atoms with Crippen LogP contribution < -0.4 is 0 Å². The molecule has 0 saturated heterocycles. The molecule has 1 aliphatic rings. The van der Waals surface area contributed by atoms with E-state index in [0.717, 1.165) is 24.6 Å². The van der Waals surface area contributed by atoms with Crippen molar-refractivity contribution in [2.75, 3.05) is 0 Å². The predicted octanol–water partition coefficient (Wildman–Crippen LogP) is 5.86. The van der Waals surface area contributed by atoms with E-state index in [0.29, 0.717) is 36.8 Å². The maximum absolute atomic E-state index is 14.1. The maximum Gasteiger partial charge on any atom is 0.416 e. The fourth-order valence-electron chi connectivity index (χ4n) is 3.60. The van der Waals surface area contributed by atoms with Gasteiger partial charge in [-0.1, -0.05) is 30.3 Å². The molecule has 0 spiro atoms. The molecule has 1 aliphatic carbocycles. The molecule has 0 amide bonds. The number of rotatable bonds is 7. The minimum atomic E-state index is -4.35. The minimum Gasteiger partial charge on any atom is -0.346 e. The summed E-state index contributed by atoms with van der Waals surface area (Å²) in [7, 11) is 0. The molecular weight excluding hydrogens is 380 g/mol. The highest BCUT2D eigenvalue weighted by Crippen LogP contribution is 2.31. The second-order valence-corrected chi connectivity index (χ2v) is 7.55. The van der Waals surface area contributed by atoms with E-state index in [4.69, 9.17) is 0 Å². The largest absolute Gasteiger partial charge is 0.416 e. The third-order valence-corrected chi connectivity index (χ3v) is 5.29. The van der Waals surface area contributed by atoms with Crippen LogP contribution in [0.25, 0.3) is 0 Å². The van der Waals surface area contributed by atoms with Crippen molar-refractivity contribution >= 4 is 0 Å². The van der Waals surface area contributed by atoms with Gasteiger partial charge >= 0.3 is 6.18 Å². The van der Waals surface area contributed by atoms with E-state index in [1.54, 1.807) is 18.2 Å². The van der Waals surface area contributed by atoms with Gasteiger partial charge in [0.05, 0.1) is 5.56 Å². The summed E-state index contributed by atoms with van der Waals surface area (Å²) in [6, 6.07) is 16.5. The fraction of sp³-hybridized carbons (Fsp3) is 0.304. The monoisotopic (exact) mass is 402 g/mol. The molecule has 1 heterocycles. The number of hydrogen-bond acceptors (Lipinski definition) is 1. The van der Waals surface area contributed by atoms with E-state index in [1.807, 2.05) is 29.0 Å². The Labute approximate surface area is 167 Å². The van der Waals surface area contributed by atoms with Crippen LogP contribution in [0.5, 0.6) is 0 Å². The molecule has 0 radical (unpaired) electrons. The van der Waals surface area contributed by atoms with Crippen molar-refractivity contribution in [2.24, 2.45) is 0 Å². The van der Waals surface area contributed by atoms with Crippen LogP contribution in [-0.2, 0) is 25.8 Å². The lowest BCUT2D eigenvalue weighted by molar-refractivity contribution is -0.137. The van der Waals surface area contributed by atoms with Gasteiger partial charge in [0.25, 0.3) is 0 Å². The average molecular weight is 402 g/mol. The predicted molar refractivity (Wildman–Crippen MR) is 104 cm³/mol. The van der Waals surface area contributed by atoms with E-state index < -0.39 is 11.7 Å². The summed E-state index contributed by atoms with van der Waals surface area (Å²) in [5.74, 6) is -0.211. The second kappa shape index (κ2) is 8.03. The second-order valence-electron chi connectivity index (χ2n) is 7.55. The van der Waals surface area contributed by atoms with Gasteiger partial charge in [0.2, 0.25) is 0 Å². The summed E-state index contributed by atoms with van der Waals surface area (Å²) < 4.78 is 55.0. The molecule has 6 heteroatoms. The van der Waals surface area contributed by atoms with E-state index in [9.17, 15) is 17.6 Å². The first kappa shape index (κ1) is 19.7. The topological polar surface area (TPSA) is 8.17 Å². The maximum atomic E-state index is 14.1. The lowest BCUT2D eigenvalue weighted by atomic mass is 10.1. The first-order chi connectivity index (χ1) is 13.9. The van der Waals surface area contributed by atoms with Gasteiger partial charge in [-0.3, -0.25) is 4.90 Å². The Bertz CT molecular complexity index is 973. The number of alkyl halides is 3. The highest BCUT2D eigenvalue weighted by molar-refractivity contribution is 5.26. The molecule has 29 heavy (non-hydrogen) atoms. The standard InChI is InChI=1S/C23H22F4N2/c24-22-9-2-1-6-18(22)15-29(20-10-11-20)16-21-8-4-12-28(21)14-17-5-3-7-19(13-17)23(25,26)27/h1-9,12-13,20H,10-11,14-16H2. The first-order valence-corrected chi connectivity index (χ1v) is 9.68. The molecule has 1 saturated carbocycles. The molecule has 4 rings (SSSR count). The van der Waals surface area contributed by atoms with E-state index in [-0.39, 0.29) is 5.82 Å². The molecular formula is C23H22F4N2. The number of halogens is 4. The molecule has 1 aromatic heterocycles. The summed E-state index contributed by atoms with van der Waals surface area (Å²) in [4.78, 5) is 2.25. The Morgan fingerprint density at radius 2 is 1.72 bits per heavy atom. The lowest BCUT2D eigenvalue weighted by Gasteiger charge is -2.23. The normalized spacial score (nSPS) is 14.5. The van der Waals surface area contributed by atoms with Gasteiger partial charge < -0.3 is 4.57 Å². The Morgan fingerprint density at radius 3 is 2.45 bits per heavy atom. The molecule has 0 bridgehead atoms. The number of aromatic nitrogens is 1. The smallest absolute Gasteiger partial charge is 0.346 e. The Hall–Kier alpha value is -2.60. The van der Waals surface area contributed by atoms with Crippen LogP contribution in [0.3, 0.4) is 0 Å². The highest BCUT2D eigenvalue weighted by Gasteiger charge is 2.31. The molecule has 0 aliphatic heterocycles. The zero-order valence-corrected chi connectivity index (χ0v) is 15.9. The molecule has 3 aromatic rings. The molecule has 152 valence electrons. The molecule has 2 nitrogen and oxygen atoms in total. The SMILES string of the molecule is Fc1ccccc1CN(Cc1cccn1Cc1cccc(C(F)(F)F)c1)C1CC1. The van der Waals surface area contributed by atoms with Crippen LogP contribution >= 0.6 is 0 Å². The molecule has 2 aromatic carbocycles. The van der Waals surface area contributed by atoms with E-state index >= 15 is 0 Å². The molecule has 0 unspecified atom stereocenters. The van der Waals surface area contributed by atoms with Gasteiger partial charge in [-0.05, 0) is 48.7 Å². The zero-order chi connectivity index (χ0) is 20.4. The van der Waals surface area contributed by atoms with Crippen molar-refractivity contribution in [3.05, 3.63) is 95.1 Å². The van der Waals surface area contributed by atoms with Gasteiger partial charge in [-0.15, -0.1) is 0 Å². The summed E-state index contributed by atoms with van der Waals surface area (Å²) >= 11 is 0. The third-order valence-electron chi connectivity index (χ3n) is 5.29. The van der Waals surface area contributed by atoms with Crippen LogP contribution in [0.15, 0.2) is 66.9 Å². The summed E-state index contributed by atoms with van der Waals surface area (Å²) in [6.45, 7) is 1.52. The first-order valence-electron chi connectivity index (χ1n) is 9.68. The Morgan fingerprint density at radius 1 is 0.931 bits per heavy atom. The zero-order valence-electron chi connectivity index (χ0n) is 15.9. The van der Waals surface area contributed by atoms with E-state index in [1.165, 1.54) is 18.2 Å². The summed E-state index contributed by atoms with van der Waals surface area (Å²) in [5.41, 5.74) is 1.63.